The minimum atomic E-state index is -2.89. The van der Waals surface area contributed by atoms with Crippen LogP contribution in [0.25, 0.3) is 0 Å². The molecule has 1 aliphatic heterocycles. The second kappa shape index (κ2) is 6.48. The van der Waals surface area contributed by atoms with Gasteiger partial charge in [0.25, 0.3) is 0 Å². The second-order valence-corrected chi connectivity index (χ2v) is 8.03. The number of sulfone groups is 1. The van der Waals surface area contributed by atoms with Crippen molar-refractivity contribution in [1.29, 1.82) is 0 Å². The summed E-state index contributed by atoms with van der Waals surface area (Å²) in [5.74, 6) is 1.78. The third-order valence-electron chi connectivity index (χ3n) is 3.28. The first-order valence-electron chi connectivity index (χ1n) is 7.15. The van der Waals surface area contributed by atoms with E-state index in [0.717, 1.165) is 24.3 Å². The molecule has 1 aromatic rings. The van der Waals surface area contributed by atoms with Gasteiger partial charge in [-0.2, -0.15) is 0 Å². The van der Waals surface area contributed by atoms with Gasteiger partial charge < -0.3 is 10.1 Å². The van der Waals surface area contributed by atoms with Gasteiger partial charge in [-0.15, -0.1) is 0 Å². The van der Waals surface area contributed by atoms with Crippen molar-refractivity contribution in [2.45, 2.75) is 32.7 Å². The Morgan fingerprint density at radius 1 is 1.35 bits per heavy atom. The average Bonchev–Trinajstić information content (AvgIpc) is 2.36. The van der Waals surface area contributed by atoms with Crippen molar-refractivity contribution in [2.75, 3.05) is 23.4 Å². The van der Waals surface area contributed by atoms with E-state index in [1.165, 1.54) is 0 Å². The summed E-state index contributed by atoms with van der Waals surface area (Å²) in [6.07, 6.45) is 1.62. The van der Waals surface area contributed by atoms with Crippen LogP contribution in [0, 0.1) is 5.92 Å². The van der Waals surface area contributed by atoms with Crippen LogP contribution in [-0.4, -0.2) is 32.6 Å². The molecule has 0 spiro atoms. The molecule has 1 unspecified atom stereocenters. The third-order valence-corrected chi connectivity index (χ3v) is 5.10. The standard InChI is InChI=1S/C15H23NO3S/c1-12(2)10-19-15-8-4-3-7-14(15)16-13-6-5-9-20(17,18)11-13/h3-4,7-8,12-13,16H,5-6,9-11H2,1-2H3. The van der Waals surface area contributed by atoms with Crippen LogP contribution >= 0.6 is 0 Å². The lowest BCUT2D eigenvalue weighted by molar-refractivity contribution is 0.272. The van der Waals surface area contributed by atoms with E-state index in [2.05, 4.69) is 19.2 Å². The fourth-order valence-electron chi connectivity index (χ4n) is 2.32. The Morgan fingerprint density at radius 3 is 2.80 bits per heavy atom. The molecule has 1 atom stereocenters. The van der Waals surface area contributed by atoms with Crippen molar-refractivity contribution in [1.82, 2.24) is 0 Å². The third kappa shape index (κ3) is 4.40. The molecule has 1 aromatic carbocycles. The Hall–Kier alpha value is -1.23. The van der Waals surface area contributed by atoms with E-state index in [0.29, 0.717) is 18.3 Å². The van der Waals surface area contributed by atoms with Crippen molar-refractivity contribution >= 4 is 15.5 Å². The van der Waals surface area contributed by atoms with Gasteiger partial charge in [0, 0.05) is 6.04 Å². The van der Waals surface area contributed by atoms with Gasteiger partial charge in [0.2, 0.25) is 0 Å². The molecule has 1 N–H and O–H groups in total. The molecule has 0 aliphatic carbocycles. The Bertz CT molecular complexity index is 540. The first kappa shape index (κ1) is 15.2. The number of hydrogen-bond acceptors (Lipinski definition) is 4. The first-order chi connectivity index (χ1) is 9.46. The largest absolute Gasteiger partial charge is 0.491 e. The van der Waals surface area contributed by atoms with Gasteiger partial charge in [-0.3, -0.25) is 0 Å². The van der Waals surface area contributed by atoms with E-state index in [4.69, 9.17) is 4.74 Å². The van der Waals surface area contributed by atoms with Crippen LogP contribution in [0.4, 0.5) is 5.69 Å². The number of hydrogen-bond donors (Lipinski definition) is 1. The number of nitrogens with one attached hydrogen (secondary N) is 1. The lowest BCUT2D eigenvalue weighted by Gasteiger charge is -2.25. The SMILES string of the molecule is CC(C)COc1ccccc1NC1CCCS(=O)(=O)C1. The van der Waals surface area contributed by atoms with Crippen LogP contribution in [0.3, 0.4) is 0 Å². The topological polar surface area (TPSA) is 55.4 Å². The lowest BCUT2D eigenvalue weighted by Crippen LogP contribution is -2.34. The summed E-state index contributed by atoms with van der Waals surface area (Å²) in [4.78, 5) is 0. The molecule has 0 radical (unpaired) electrons. The van der Waals surface area contributed by atoms with Gasteiger partial charge in [-0.25, -0.2) is 8.42 Å². The van der Waals surface area contributed by atoms with Crippen LogP contribution < -0.4 is 10.1 Å². The molecule has 1 aliphatic rings. The summed E-state index contributed by atoms with van der Waals surface area (Å²) in [6.45, 7) is 4.86. The monoisotopic (exact) mass is 297 g/mol. The molecular formula is C15H23NO3S. The maximum Gasteiger partial charge on any atom is 0.152 e. The van der Waals surface area contributed by atoms with E-state index >= 15 is 0 Å². The highest BCUT2D eigenvalue weighted by Crippen LogP contribution is 2.27. The van der Waals surface area contributed by atoms with Crippen molar-refractivity contribution < 1.29 is 13.2 Å². The number of rotatable bonds is 5. The minimum absolute atomic E-state index is 0.0162. The van der Waals surface area contributed by atoms with Crippen molar-refractivity contribution in [3.05, 3.63) is 24.3 Å². The molecule has 1 heterocycles. The summed E-state index contributed by atoms with van der Waals surface area (Å²) < 4.78 is 29.1. The summed E-state index contributed by atoms with van der Waals surface area (Å²) in [5.41, 5.74) is 0.884. The number of anilines is 1. The molecule has 5 heteroatoms. The highest BCUT2D eigenvalue weighted by atomic mass is 32.2. The summed E-state index contributed by atoms with van der Waals surface area (Å²) in [7, 11) is -2.89. The van der Waals surface area contributed by atoms with E-state index < -0.39 is 9.84 Å². The fraction of sp³-hybridized carbons (Fsp3) is 0.600. The summed E-state index contributed by atoms with van der Waals surface area (Å²) >= 11 is 0. The van der Waals surface area contributed by atoms with Gasteiger partial charge in [0.15, 0.2) is 9.84 Å². The zero-order valence-electron chi connectivity index (χ0n) is 12.1. The number of para-hydroxylation sites is 2. The average molecular weight is 297 g/mol. The number of benzene rings is 1. The van der Waals surface area contributed by atoms with Crippen LogP contribution in [0.15, 0.2) is 24.3 Å². The quantitative estimate of drug-likeness (QED) is 0.908. The normalized spacial score (nSPS) is 21.6. The van der Waals surface area contributed by atoms with Crippen molar-refractivity contribution in [2.24, 2.45) is 5.92 Å². The maximum absolute atomic E-state index is 11.7. The highest BCUT2D eigenvalue weighted by molar-refractivity contribution is 7.91. The van der Waals surface area contributed by atoms with Gasteiger partial charge >= 0.3 is 0 Å². The van der Waals surface area contributed by atoms with Gasteiger partial charge in [0.05, 0.1) is 23.8 Å². The predicted octanol–water partition coefficient (Wildman–Crippen LogP) is 2.71. The molecule has 1 fully saturated rings. The molecule has 0 bridgehead atoms. The zero-order chi connectivity index (χ0) is 14.6. The molecule has 2 rings (SSSR count). The van der Waals surface area contributed by atoms with Gasteiger partial charge in [0.1, 0.15) is 5.75 Å². The van der Waals surface area contributed by atoms with E-state index in [1.54, 1.807) is 0 Å². The van der Waals surface area contributed by atoms with Crippen LogP contribution in [-0.2, 0) is 9.84 Å². The summed E-state index contributed by atoms with van der Waals surface area (Å²) in [5, 5.41) is 3.32. The molecule has 1 saturated heterocycles. The predicted molar refractivity (Wildman–Crippen MR) is 82.1 cm³/mol. The molecule has 20 heavy (non-hydrogen) atoms. The van der Waals surface area contributed by atoms with Crippen LogP contribution in [0.5, 0.6) is 5.75 Å². The molecular weight excluding hydrogens is 274 g/mol. The fourth-order valence-corrected chi connectivity index (χ4v) is 3.96. The Kier molecular flexibility index (Phi) is 4.91. The minimum Gasteiger partial charge on any atom is -0.491 e. The van der Waals surface area contributed by atoms with Gasteiger partial charge in [-0.1, -0.05) is 26.0 Å². The van der Waals surface area contributed by atoms with E-state index in [9.17, 15) is 8.42 Å². The van der Waals surface area contributed by atoms with Gasteiger partial charge in [-0.05, 0) is 30.9 Å². The van der Waals surface area contributed by atoms with Crippen molar-refractivity contribution in [3.8, 4) is 5.75 Å². The zero-order valence-corrected chi connectivity index (χ0v) is 12.9. The Labute approximate surface area is 121 Å². The molecule has 0 amide bonds. The lowest BCUT2D eigenvalue weighted by atomic mass is 10.1. The Morgan fingerprint density at radius 2 is 2.10 bits per heavy atom. The molecule has 4 nitrogen and oxygen atoms in total. The smallest absolute Gasteiger partial charge is 0.152 e. The first-order valence-corrected chi connectivity index (χ1v) is 8.97. The Balaban J connectivity index is 2.05. The maximum atomic E-state index is 11.7. The number of ether oxygens (including phenoxy) is 1. The van der Waals surface area contributed by atoms with E-state index in [1.807, 2.05) is 24.3 Å². The molecule has 0 aromatic heterocycles. The van der Waals surface area contributed by atoms with Crippen LogP contribution in [0.2, 0.25) is 0 Å². The van der Waals surface area contributed by atoms with Crippen molar-refractivity contribution in [3.63, 3.8) is 0 Å². The van der Waals surface area contributed by atoms with Crippen LogP contribution in [0.1, 0.15) is 26.7 Å². The van der Waals surface area contributed by atoms with E-state index in [-0.39, 0.29) is 11.8 Å². The highest BCUT2D eigenvalue weighted by Gasteiger charge is 2.25. The molecule has 112 valence electrons. The second-order valence-electron chi connectivity index (χ2n) is 5.80. The molecule has 0 saturated carbocycles. The summed E-state index contributed by atoms with van der Waals surface area (Å²) in [6, 6.07) is 7.71.